The van der Waals surface area contributed by atoms with Crippen molar-refractivity contribution in [3.05, 3.63) is 163 Å². The zero-order chi connectivity index (χ0) is 34.8. The Balaban J connectivity index is 1.18. The van der Waals surface area contributed by atoms with Gasteiger partial charge in [-0.15, -0.1) is 0 Å². The Kier molecular flexibility index (Phi) is 6.86. The highest BCUT2D eigenvalue weighted by Crippen LogP contribution is 2.40. The normalized spacial score (nSPS) is 11.7. The molecule has 0 unspecified atom stereocenters. The number of aryl methyl sites for hydroxylation is 2. The smallest absolute Gasteiger partial charge is 0.167 e. The van der Waals surface area contributed by atoms with Crippen LogP contribution in [0.3, 0.4) is 0 Å². The van der Waals surface area contributed by atoms with E-state index in [0.29, 0.717) is 17.5 Å². The van der Waals surface area contributed by atoms with E-state index in [1.807, 2.05) is 72.8 Å². The highest BCUT2D eigenvalue weighted by atomic mass is 16.3. The number of hydrogen-bond acceptors (Lipinski definition) is 5. The zero-order valence-corrected chi connectivity index (χ0v) is 28.6. The molecular weight excluding hydrogens is 639 g/mol. The van der Waals surface area contributed by atoms with Gasteiger partial charge >= 0.3 is 0 Å². The number of aromatic nitrogens is 3. The van der Waals surface area contributed by atoms with Crippen molar-refractivity contribution < 1.29 is 8.83 Å². The molecule has 0 N–H and O–H groups in total. The van der Waals surface area contributed by atoms with E-state index in [9.17, 15) is 0 Å². The lowest BCUT2D eigenvalue weighted by Gasteiger charge is -2.12. The van der Waals surface area contributed by atoms with Crippen LogP contribution < -0.4 is 0 Å². The highest BCUT2D eigenvalue weighted by Gasteiger charge is 2.21. The third-order valence-corrected chi connectivity index (χ3v) is 10.1. The van der Waals surface area contributed by atoms with E-state index >= 15 is 0 Å². The van der Waals surface area contributed by atoms with Crippen LogP contribution in [-0.4, -0.2) is 15.0 Å². The topological polar surface area (TPSA) is 65.0 Å². The molecule has 10 rings (SSSR count). The average Bonchev–Trinajstić information content (AvgIpc) is 3.77. The second-order valence-corrected chi connectivity index (χ2v) is 13.3. The molecule has 0 aliphatic carbocycles. The molecule has 0 spiro atoms. The molecule has 3 aromatic heterocycles. The number of furan rings is 2. The van der Waals surface area contributed by atoms with Gasteiger partial charge in [-0.1, -0.05) is 115 Å². The molecule has 0 radical (unpaired) electrons. The van der Waals surface area contributed by atoms with Gasteiger partial charge in [0, 0.05) is 32.7 Å². The third-order valence-electron chi connectivity index (χ3n) is 10.1. The maximum Gasteiger partial charge on any atom is 0.167 e. The molecule has 0 aliphatic heterocycles. The summed E-state index contributed by atoms with van der Waals surface area (Å²) in [6.45, 7) is 4.34. The Bertz CT molecular complexity index is 2990. The summed E-state index contributed by atoms with van der Waals surface area (Å²) in [5.41, 5.74) is 13.0. The minimum absolute atomic E-state index is 0.544. The maximum atomic E-state index is 6.47. The number of fused-ring (bicyclic) bond motifs is 6. The number of benzene rings is 7. The Morgan fingerprint density at radius 2 is 0.981 bits per heavy atom. The quantitative estimate of drug-likeness (QED) is 0.182. The van der Waals surface area contributed by atoms with Crippen molar-refractivity contribution >= 4 is 43.9 Å². The zero-order valence-electron chi connectivity index (χ0n) is 28.6. The predicted octanol–water partition coefficient (Wildman–Crippen LogP) is 12.6. The lowest BCUT2D eigenvalue weighted by molar-refractivity contribution is 0.668. The molecule has 52 heavy (non-hydrogen) atoms. The van der Waals surface area contributed by atoms with E-state index in [-0.39, 0.29) is 0 Å². The first-order chi connectivity index (χ1) is 25.6. The standard InChI is InChI=1S/C47H31N3O2/c1-28-12-6-7-15-33(28)38-26-31(23-22-29(38)2)32-24-25-41-39(27-32)43-36(18-11-21-42(43)51-41)46-48-45(30-13-4-3-5-14-30)49-47(50-46)37-19-10-17-35-34-16-8-9-20-40(34)52-44(35)37/h3-27H,1-2H3. The van der Waals surface area contributed by atoms with Crippen LogP contribution in [0, 0.1) is 13.8 Å². The molecule has 5 heteroatoms. The minimum atomic E-state index is 0.544. The minimum Gasteiger partial charge on any atom is -0.456 e. The molecule has 0 atom stereocenters. The molecule has 10 aromatic rings. The summed E-state index contributed by atoms with van der Waals surface area (Å²) in [7, 11) is 0. The van der Waals surface area contributed by atoms with Gasteiger partial charge in [-0.2, -0.15) is 0 Å². The predicted molar refractivity (Wildman–Crippen MR) is 211 cm³/mol. The van der Waals surface area contributed by atoms with Gasteiger partial charge in [-0.25, -0.2) is 15.0 Å². The van der Waals surface area contributed by atoms with E-state index in [4.69, 9.17) is 23.8 Å². The van der Waals surface area contributed by atoms with E-state index in [1.54, 1.807) is 0 Å². The van der Waals surface area contributed by atoms with Crippen LogP contribution in [0.2, 0.25) is 0 Å². The molecule has 0 aliphatic rings. The Labute approximate surface area is 299 Å². The van der Waals surface area contributed by atoms with Crippen LogP contribution in [0.25, 0.3) is 100 Å². The van der Waals surface area contributed by atoms with Gasteiger partial charge in [0.2, 0.25) is 0 Å². The number of hydrogen-bond donors (Lipinski definition) is 0. The highest BCUT2D eigenvalue weighted by molar-refractivity contribution is 6.13. The fraction of sp³-hybridized carbons (Fsp3) is 0.0426. The molecule has 5 nitrogen and oxygen atoms in total. The monoisotopic (exact) mass is 669 g/mol. The van der Waals surface area contributed by atoms with Gasteiger partial charge in [0.15, 0.2) is 17.5 Å². The van der Waals surface area contributed by atoms with Crippen molar-refractivity contribution in [1.82, 2.24) is 15.0 Å². The average molecular weight is 670 g/mol. The molecule has 7 aromatic carbocycles. The summed E-state index contributed by atoms with van der Waals surface area (Å²) in [5.74, 6) is 1.69. The lowest BCUT2D eigenvalue weighted by Crippen LogP contribution is -2.00. The molecule has 3 heterocycles. The molecule has 0 amide bonds. The summed E-state index contributed by atoms with van der Waals surface area (Å²) < 4.78 is 12.9. The third kappa shape index (κ3) is 4.89. The van der Waals surface area contributed by atoms with Crippen molar-refractivity contribution in [3.63, 3.8) is 0 Å². The van der Waals surface area contributed by atoms with Gasteiger partial charge in [-0.3, -0.25) is 0 Å². The summed E-state index contributed by atoms with van der Waals surface area (Å²) >= 11 is 0. The largest absolute Gasteiger partial charge is 0.456 e. The van der Waals surface area contributed by atoms with E-state index in [2.05, 4.69) is 92.7 Å². The molecule has 0 saturated carbocycles. The summed E-state index contributed by atoms with van der Waals surface area (Å²) in [6.07, 6.45) is 0. The molecule has 0 saturated heterocycles. The van der Waals surface area contributed by atoms with E-state index < -0.39 is 0 Å². The van der Waals surface area contributed by atoms with E-state index in [0.717, 1.165) is 71.7 Å². The lowest BCUT2D eigenvalue weighted by atomic mass is 9.92. The fourth-order valence-corrected chi connectivity index (χ4v) is 7.42. The van der Waals surface area contributed by atoms with E-state index in [1.165, 1.54) is 22.3 Å². The van der Waals surface area contributed by atoms with Crippen molar-refractivity contribution in [2.24, 2.45) is 0 Å². The van der Waals surface area contributed by atoms with Gasteiger partial charge in [0.05, 0.1) is 5.56 Å². The van der Waals surface area contributed by atoms with Crippen molar-refractivity contribution in [2.75, 3.05) is 0 Å². The van der Waals surface area contributed by atoms with Crippen LogP contribution in [-0.2, 0) is 0 Å². The summed E-state index contributed by atoms with van der Waals surface area (Å²) in [5, 5.41) is 4.04. The maximum absolute atomic E-state index is 6.47. The first-order valence-electron chi connectivity index (χ1n) is 17.4. The van der Waals surface area contributed by atoms with Crippen LogP contribution in [0.1, 0.15) is 11.1 Å². The van der Waals surface area contributed by atoms with Crippen LogP contribution in [0.5, 0.6) is 0 Å². The van der Waals surface area contributed by atoms with Gasteiger partial charge < -0.3 is 8.83 Å². The number of rotatable bonds is 5. The Morgan fingerprint density at radius 1 is 0.365 bits per heavy atom. The first-order valence-corrected chi connectivity index (χ1v) is 17.4. The number of para-hydroxylation sites is 2. The van der Waals surface area contributed by atoms with Crippen LogP contribution >= 0.6 is 0 Å². The second kappa shape index (κ2) is 11.9. The summed E-state index contributed by atoms with van der Waals surface area (Å²) in [4.78, 5) is 15.3. The Morgan fingerprint density at radius 3 is 1.87 bits per heavy atom. The summed E-state index contributed by atoms with van der Waals surface area (Å²) in [6, 6.07) is 52.0. The van der Waals surface area contributed by atoms with Gasteiger partial charge in [-0.05, 0) is 83.6 Å². The van der Waals surface area contributed by atoms with Crippen molar-refractivity contribution in [3.8, 4) is 56.4 Å². The van der Waals surface area contributed by atoms with Crippen LogP contribution in [0.15, 0.2) is 160 Å². The number of nitrogens with zero attached hydrogens (tertiary/aromatic N) is 3. The van der Waals surface area contributed by atoms with Gasteiger partial charge in [0.1, 0.15) is 22.3 Å². The van der Waals surface area contributed by atoms with Crippen LogP contribution in [0.4, 0.5) is 0 Å². The van der Waals surface area contributed by atoms with Crippen molar-refractivity contribution in [1.29, 1.82) is 0 Å². The fourth-order valence-electron chi connectivity index (χ4n) is 7.42. The van der Waals surface area contributed by atoms with Gasteiger partial charge in [0.25, 0.3) is 0 Å². The molecular formula is C47H31N3O2. The Hall–Kier alpha value is -6.85. The molecule has 246 valence electrons. The first kappa shape index (κ1) is 30.0. The van der Waals surface area contributed by atoms with Crippen molar-refractivity contribution in [2.45, 2.75) is 13.8 Å². The SMILES string of the molecule is Cc1ccccc1-c1cc(-c2ccc3oc4cccc(-c5nc(-c6ccccc6)nc(-c6cccc7c6oc6ccccc67)n5)c4c3c2)ccc1C. The molecule has 0 bridgehead atoms. The second-order valence-electron chi connectivity index (χ2n) is 13.3. The molecule has 0 fully saturated rings.